The SMILES string of the molecule is COc1ccc(F)cc1C(CN=C=O)C(C)C. The van der Waals surface area contributed by atoms with Crippen molar-refractivity contribution in [3.8, 4) is 5.75 Å². The van der Waals surface area contributed by atoms with Gasteiger partial charge in [0.2, 0.25) is 6.08 Å². The van der Waals surface area contributed by atoms with E-state index in [9.17, 15) is 9.18 Å². The highest BCUT2D eigenvalue weighted by Gasteiger charge is 2.20. The largest absolute Gasteiger partial charge is 0.496 e. The van der Waals surface area contributed by atoms with Crippen molar-refractivity contribution >= 4 is 6.08 Å². The van der Waals surface area contributed by atoms with Crippen LogP contribution >= 0.6 is 0 Å². The molecule has 0 amide bonds. The van der Waals surface area contributed by atoms with Gasteiger partial charge in [-0.05, 0) is 24.1 Å². The van der Waals surface area contributed by atoms with E-state index in [4.69, 9.17) is 4.74 Å². The van der Waals surface area contributed by atoms with Crippen LogP contribution < -0.4 is 4.74 Å². The van der Waals surface area contributed by atoms with Crippen molar-refractivity contribution in [2.75, 3.05) is 13.7 Å². The molecule has 1 rings (SSSR count). The summed E-state index contributed by atoms with van der Waals surface area (Å²) in [5.74, 6) is 0.470. The molecule has 0 spiro atoms. The Bertz CT molecular complexity index is 425. The summed E-state index contributed by atoms with van der Waals surface area (Å²) in [5.41, 5.74) is 0.738. The topological polar surface area (TPSA) is 38.7 Å². The lowest BCUT2D eigenvalue weighted by atomic mass is 9.88. The van der Waals surface area contributed by atoms with Gasteiger partial charge in [-0.3, -0.25) is 0 Å². The van der Waals surface area contributed by atoms with E-state index in [1.807, 2.05) is 13.8 Å². The van der Waals surface area contributed by atoms with Crippen molar-refractivity contribution < 1.29 is 13.9 Å². The van der Waals surface area contributed by atoms with Crippen LogP contribution in [-0.2, 0) is 4.79 Å². The van der Waals surface area contributed by atoms with Gasteiger partial charge in [0.05, 0.1) is 13.7 Å². The summed E-state index contributed by atoms with van der Waals surface area (Å²) in [6, 6.07) is 4.37. The molecule has 4 heteroatoms. The van der Waals surface area contributed by atoms with Crippen LogP contribution in [0, 0.1) is 11.7 Å². The Labute approximate surface area is 100 Å². The van der Waals surface area contributed by atoms with Crippen molar-refractivity contribution in [3.63, 3.8) is 0 Å². The molecule has 0 aromatic heterocycles. The van der Waals surface area contributed by atoms with E-state index in [2.05, 4.69) is 4.99 Å². The Morgan fingerprint density at radius 3 is 2.71 bits per heavy atom. The lowest BCUT2D eigenvalue weighted by molar-refractivity contribution is 0.393. The molecule has 0 saturated heterocycles. The zero-order chi connectivity index (χ0) is 12.8. The van der Waals surface area contributed by atoms with E-state index >= 15 is 0 Å². The van der Waals surface area contributed by atoms with Gasteiger partial charge in [0.1, 0.15) is 11.6 Å². The quantitative estimate of drug-likeness (QED) is 0.583. The number of isocyanates is 1. The third-order valence-corrected chi connectivity index (χ3v) is 2.75. The summed E-state index contributed by atoms with van der Waals surface area (Å²) in [6.07, 6.45) is 1.52. The molecule has 1 unspecified atom stereocenters. The van der Waals surface area contributed by atoms with E-state index in [0.29, 0.717) is 12.3 Å². The van der Waals surface area contributed by atoms with Crippen molar-refractivity contribution in [1.29, 1.82) is 0 Å². The summed E-state index contributed by atoms with van der Waals surface area (Å²) in [6.45, 7) is 4.28. The molecular formula is C13H16FNO2. The number of hydrogen-bond donors (Lipinski definition) is 0. The fraction of sp³-hybridized carbons (Fsp3) is 0.462. The normalized spacial score (nSPS) is 12.1. The minimum Gasteiger partial charge on any atom is -0.496 e. The second-order valence-electron chi connectivity index (χ2n) is 4.17. The number of hydrogen-bond acceptors (Lipinski definition) is 3. The van der Waals surface area contributed by atoms with Crippen LogP contribution in [0.2, 0.25) is 0 Å². The smallest absolute Gasteiger partial charge is 0.234 e. The number of halogens is 1. The van der Waals surface area contributed by atoms with E-state index in [0.717, 1.165) is 5.56 Å². The van der Waals surface area contributed by atoms with Crippen molar-refractivity contribution in [2.24, 2.45) is 10.9 Å². The monoisotopic (exact) mass is 237 g/mol. The fourth-order valence-electron chi connectivity index (χ4n) is 1.80. The Hall–Kier alpha value is -1.67. The van der Waals surface area contributed by atoms with Gasteiger partial charge in [-0.25, -0.2) is 14.2 Å². The second-order valence-corrected chi connectivity index (χ2v) is 4.17. The van der Waals surface area contributed by atoms with Crippen molar-refractivity contribution in [2.45, 2.75) is 19.8 Å². The molecule has 0 heterocycles. The van der Waals surface area contributed by atoms with Gasteiger partial charge in [0.25, 0.3) is 0 Å². The van der Waals surface area contributed by atoms with Crippen molar-refractivity contribution in [1.82, 2.24) is 0 Å². The van der Waals surface area contributed by atoms with Gasteiger partial charge >= 0.3 is 0 Å². The molecule has 1 aromatic carbocycles. The molecule has 0 N–H and O–H groups in total. The second kappa shape index (κ2) is 6.16. The molecule has 1 atom stereocenters. The summed E-state index contributed by atoms with van der Waals surface area (Å²) in [7, 11) is 1.54. The van der Waals surface area contributed by atoms with Gasteiger partial charge < -0.3 is 4.74 Å². The Kier molecular flexibility index (Phi) is 4.85. The summed E-state index contributed by atoms with van der Waals surface area (Å²) in [5, 5.41) is 0. The van der Waals surface area contributed by atoms with Crippen LogP contribution in [-0.4, -0.2) is 19.7 Å². The first-order valence-corrected chi connectivity index (χ1v) is 5.47. The maximum Gasteiger partial charge on any atom is 0.234 e. The number of ether oxygens (including phenoxy) is 1. The molecule has 17 heavy (non-hydrogen) atoms. The van der Waals surface area contributed by atoms with Gasteiger partial charge in [-0.2, -0.15) is 0 Å². The van der Waals surface area contributed by atoms with Crippen molar-refractivity contribution in [3.05, 3.63) is 29.6 Å². The average Bonchev–Trinajstić information content (AvgIpc) is 2.29. The Morgan fingerprint density at radius 1 is 1.47 bits per heavy atom. The minimum atomic E-state index is -0.318. The number of nitrogens with zero attached hydrogens (tertiary/aromatic N) is 1. The number of aliphatic imine (C=N–C) groups is 1. The van der Waals surface area contributed by atoms with Crippen LogP contribution in [0.1, 0.15) is 25.3 Å². The van der Waals surface area contributed by atoms with Crippen LogP contribution in [0.4, 0.5) is 4.39 Å². The molecule has 1 aromatic rings. The zero-order valence-electron chi connectivity index (χ0n) is 10.2. The molecule has 0 saturated carbocycles. The number of methoxy groups -OCH3 is 1. The maximum absolute atomic E-state index is 13.3. The van der Waals surface area contributed by atoms with Crippen LogP contribution in [0.3, 0.4) is 0 Å². The Balaban J connectivity index is 3.15. The first-order valence-electron chi connectivity index (χ1n) is 5.47. The highest BCUT2D eigenvalue weighted by Crippen LogP contribution is 2.32. The number of rotatable bonds is 5. The van der Waals surface area contributed by atoms with Crippen LogP contribution in [0.15, 0.2) is 23.2 Å². The Morgan fingerprint density at radius 2 is 2.18 bits per heavy atom. The maximum atomic E-state index is 13.3. The predicted octanol–water partition coefficient (Wildman–Crippen LogP) is 2.91. The molecule has 0 fully saturated rings. The predicted molar refractivity (Wildman–Crippen MR) is 63.5 cm³/mol. The standard InChI is InChI=1S/C13H16FNO2/c1-9(2)12(7-15-8-16)11-6-10(14)4-5-13(11)17-3/h4-6,9,12H,7H2,1-3H3. The van der Waals surface area contributed by atoms with E-state index < -0.39 is 0 Å². The zero-order valence-corrected chi connectivity index (χ0v) is 10.2. The molecule has 0 radical (unpaired) electrons. The van der Waals surface area contributed by atoms with E-state index in [1.165, 1.54) is 25.3 Å². The lowest BCUT2D eigenvalue weighted by Crippen LogP contribution is -2.12. The molecule has 92 valence electrons. The minimum absolute atomic E-state index is 0.0536. The third kappa shape index (κ3) is 3.40. The lowest BCUT2D eigenvalue weighted by Gasteiger charge is -2.21. The molecule has 0 bridgehead atoms. The highest BCUT2D eigenvalue weighted by molar-refractivity contribution is 5.39. The number of benzene rings is 1. The summed E-state index contributed by atoms with van der Waals surface area (Å²) < 4.78 is 18.5. The molecule has 0 aliphatic carbocycles. The summed E-state index contributed by atoms with van der Waals surface area (Å²) in [4.78, 5) is 13.8. The summed E-state index contributed by atoms with van der Waals surface area (Å²) >= 11 is 0. The van der Waals surface area contributed by atoms with Crippen LogP contribution in [0.25, 0.3) is 0 Å². The van der Waals surface area contributed by atoms with Gasteiger partial charge in [0, 0.05) is 11.5 Å². The fourth-order valence-corrected chi connectivity index (χ4v) is 1.80. The number of carbonyl (C=O) groups excluding carboxylic acids is 1. The van der Waals surface area contributed by atoms with Crippen LogP contribution in [0.5, 0.6) is 5.75 Å². The van der Waals surface area contributed by atoms with E-state index in [-0.39, 0.29) is 17.7 Å². The first-order chi connectivity index (χ1) is 8.10. The third-order valence-electron chi connectivity index (χ3n) is 2.75. The first kappa shape index (κ1) is 13.4. The van der Waals surface area contributed by atoms with E-state index in [1.54, 1.807) is 6.07 Å². The molecule has 0 aliphatic heterocycles. The average molecular weight is 237 g/mol. The highest BCUT2D eigenvalue weighted by atomic mass is 19.1. The molecule has 3 nitrogen and oxygen atoms in total. The van der Waals surface area contributed by atoms with Gasteiger partial charge in [0.15, 0.2) is 0 Å². The molecule has 0 aliphatic rings. The van der Waals surface area contributed by atoms with Gasteiger partial charge in [-0.15, -0.1) is 0 Å². The van der Waals surface area contributed by atoms with Gasteiger partial charge in [-0.1, -0.05) is 13.8 Å². The molecular weight excluding hydrogens is 221 g/mol.